The number of hydrogen-bond donors (Lipinski definition) is 0. The van der Waals surface area contributed by atoms with Crippen molar-refractivity contribution >= 4 is 0 Å². The molecule has 2 aliphatic carbocycles. The molecule has 0 spiro atoms. The van der Waals surface area contributed by atoms with Crippen LogP contribution in [-0.4, -0.2) is 36.2 Å². The van der Waals surface area contributed by atoms with Crippen LogP contribution in [0.1, 0.15) is 52.4 Å². The predicted octanol–water partition coefficient (Wildman–Crippen LogP) is 3.06. The van der Waals surface area contributed by atoms with Gasteiger partial charge < -0.3 is 4.74 Å². The largest absolute Gasteiger partial charge is 0.372 e. The lowest BCUT2D eigenvalue weighted by Crippen LogP contribution is -2.57. The molecule has 1 heterocycles. The zero-order chi connectivity index (χ0) is 11.8. The van der Waals surface area contributed by atoms with Crippen LogP contribution in [0.5, 0.6) is 0 Å². The summed E-state index contributed by atoms with van der Waals surface area (Å²) in [6.07, 6.45) is 9.60. The van der Waals surface area contributed by atoms with Crippen molar-refractivity contribution in [1.82, 2.24) is 4.90 Å². The van der Waals surface area contributed by atoms with E-state index in [-0.39, 0.29) is 0 Å². The van der Waals surface area contributed by atoms with Crippen molar-refractivity contribution in [2.45, 2.75) is 70.6 Å². The van der Waals surface area contributed by atoms with Crippen LogP contribution >= 0.6 is 0 Å². The Bertz CT molecular complexity index is 248. The van der Waals surface area contributed by atoms with Crippen molar-refractivity contribution < 1.29 is 4.74 Å². The summed E-state index contributed by atoms with van der Waals surface area (Å²) in [5.41, 5.74) is 0. The van der Waals surface area contributed by atoms with Gasteiger partial charge in [-0.05, 0) is 50.4 Å². The molecule has 0 N–H and O–H groups in total. The molecule has 0 aromatic heterocycles. The first-order valence-electron chi connectivity index (χ1n) is 7.62. The maximum atomic E-state index is 5.94. The number of nitrogens with zero attached hydrogens (tertiary/aromatic N) is 1. The predicted molar refractivity (Wildman–Crippen MR) is 70.1 cm³/mol. The lowest BCUT2D eigenvalue weighted by Gasteiger charge is -2.46. The second-order valence-electron chi connectivity index (χ2n) is 6.72. The van der Waals surface area contributed by atoms with Gasteiger partial charge in [0.2, 0.25) is 0 Å². The Morgan fingerprint density at radius 1 is 0.882 bits per heavy atom. The van der Waals surface area contributed by atoms with Gasteiger partial charge >= 0.3 is 0 Å². The lowest BCUT2D eigenvalue weighted by molar-refractivity contribution is -0.0864. The fourth-order valence-electron chi connectivity index (χ4n) is 3.46. The molecule has 2 heteroatoms. The number of rotatable bonds is 4. The number of ether oxygens (including phenoxy) is 1. The quantitative estimate of drug-likeness (QED) is 0.745. The third-order valence-corrected chi connectivity index (χ3v) is 4.99. The first-order valence-corrected chi connectivity index (χ1v) is 7.62. The van der Waals surface area contributed by atoms with E-state index in [0.717, 1.165) is 17.9 Å². The Morgan fingerprint density at radius 3 is 2.06 bits per heavy atom. The molecule has 1 saturated heterocycles. The van der Waals surface area contributed by atoms with Gasteiger partial charge in [-0.15, -0.1) is 0 Å². The van der Waals surface area contributed by atoms with Crippen LogP contribution in [0.2, 0.25) is 0 Å². The van der Waals surface area contributed by atoms with Crippen molar-refractivity contribution in [1.29, 1.82) is 0 Å². The third-order valence-electron chi connectivity index (χ3n) is 4.99. The van der Waals surface area contributed by atoms with Gasteiger partial charge in [0.1, 0.15) is 0 Å². The second-order valence-corrected chi connectivity index (χ2v) is 6.72. The van der Waals surface area contributed by atoms with Crippen LogP contribution in [0.4, 0.5) is 0 Å². The van der Waals surface area contributed by atoms with E-state index in [2.05, 4.69) is 18.7 Å². The number of likely N-dealkylation sites (tertiary alicyclic amines) is 1. The molecule has 17 heavy (non-hydrogen) atoms. The molecule has 3 rings (SSSR count). The Hall–Kier alpha value is -0.0800. The van der Waals surface area contributed by atoms with Crippen LogP contribution in [0.25, 0.3) is 0 Å². The van der Waals surface area contributed by atoms with Gasteiger partial charge in [0.05, 0.1) is 12.2 Å². The van der Waals surface area contributed by atoms with Gasteiger partial charge in [-0.1, -0.05) is 13.8 Å². The first kappa shape index (κ1) is 12.0. The molecule has 0 radical (unpaired) electrons. The zero-order valence-electron chi connectivity index (χ0n) is 11.4. The highest BCUT2D eigenvalue weighted by atomic mass is 16.5. The van der Waals surface area contributed by atoms with Gasteiger partial charge in [-0.25, -0.2) is 0 Å². The molecule has 3 fully saturated rings. The van der Waals surface area contributed by atoms with Gasteiger partial charge in [0.25, 0.3) is 0 Å². The molecular formula is C15H27NO. The normalized spacial score (nSPS) is 36.2. The van der Waals surface area contributed by atoms with Gasteiger partial charge in [0, 0.05) is 19.1 Å². The van der Waals surface area contributed by atoms with E-state index in [9.17, 15) is 0 Å². The molecule has 0 amide bonds. The second kappa shape index (κ2) is 4.89. The summed E-state index contributed by atoms with van der Waals surface area (Å²) < 4.78 is 5.94. The van der Waals surface area contributed by atoms with Crippen molar-refractivity contribution in [2.75, 3.05) is 13.1 Å². The van der Waals surface area contributed by atoms with Crippen LogP contribution in [0.3, 0.4) is 0 Å². The summed E-state index contributed by atoms with van der Waals surface area (Å²) in [7, 11) is 0. The molecule has 0 aromatic rings. The summed E-state index contributed by atoms with van der Waals surface area (Å²) >= 11 is 0. The Kier molecular flexibility index (Phi) is 3.45. The van der Waals surface area contributed by atoms with Crippen LogP contribution in [0.15, 0.2) is 0 Å². The standard InChI is InChI=1S/C15H27NO/c1-11(2)12-3-5-13(6-4-12)16-9-15(10-16)17-14-7-8-14/h11-15H,3-10H2,1-2H3. The smallest absolute Gasteiger partial charge is 0.0832 e. The van der Waals surface area contributed by atoms with E-state index in [1.54, 1.807) is 0 Å². The van der Waals surface area contributed by atoms with Crippen LogP contribution in [0, 0.1) is 11.8 Å². The molecule has 0 atom stereocenters. The SMILES string of the molecule is CC(C)C1CCC(N2CC(OC3CC3)C2)CC1. The van der Waals surface area contributed by atoms with Gasteiger partial charge in [-0.2, -0.15) is 0 Å². The minimum absolute atomic E-state index is 0.574. The van der Waals surface area contributed by atoms with Crippen LogP contribution < -0.4 is 0 Å². The summed E-state index contributed by atoms with van der Waals surface area (Å²) in [6, 6.07) is 0.879. The summed E-state index contributed by atoms with van der Waals surface area (Å²) in [6.45, 7) is 7.20. The highest BCUT2D eigenvalue weighted by molar-refractivity contribution is 4.91. The third kappa shape index (κ3) is 2.85. The highest BCUT2D eigenvalue weighted by Crippen LogP contribution is 2.35. The summed E-state index contributed by atoms with van der Waals surface area (Å²) in [4.78, 5) is 2.67. The Morgan fingerprint density at radius 2 is 1.53 bits per heavy atom. The van der Waals surface area contributed by atoms with E-state index in [1.165, 1.54) is 51.6 Å². The average molecular weight is 237 g/mol. The highest BCUT2D eigenvalue weighted by Gasteiger charge is 2.38. The Balaban J connectivity index is 1.36. The topological polar surface area (TPSA) is 12.5 Å². The molecule has 3 aliphatic rings. The summed E-state index contributed by atoms with van der Waals surface area (Å²) in [5.74, 6) is 1.88. The fraction of sp³-hybridized carbons (Fsp3) is 1.00. The fourth-order valence-corrected chi connectivity index (χ4v) is 3.46. The maximum Gasteiger partial charge on any atom is 0.0832 e. The molecular weight excluding hydrogens is 210 g/mol. The van der Waals surface area contributed by atoms with Crippen molar-refractivity contribution in [3.05, 3.63) is 0 Å². The monoisotopic (exact) mass is 237 g/mol. The lowest BCUT2D eigenvalue weighted by atomic mass is 9.78. The van der Waals surface area contributed by atoms with Gasteiger partial charge in [-0.3, -0.25) is 4.90 Å². The van der Waals surface area contributed by atoms with Gasteiger partial charge in [0.15, 0.2) is 0 Å². The maximum absolute atomic E-state index is 5.94. The summed E-state index contributed by atoms with van der Waals surface area (Å²) in [5, 5.41) is 0. The van der Waals surface area contributed by atoms with E-state index < -0.39 is 0 Å². The molecule has 0 aromatic carbocycles. The minimum Gasteiger partial charge on any atom is -0.372 e. The molecule has 1 aliphatic heterocycles. The van der Waals surface area contributed by atoms with E-state index >= 15 is 0 Å². The number of hydrogen-bond acceptors (Lipinski definition) is 2. The molecule has 2 saturated carbocycles. The van der Waals surface area contributed by atoms with E-state index in [4.69, 9.17) is 4.74 Å². The van der Waals surface area contributed by atoms with Crippen molar-refractivity contribution in [2.24, 2.45) is 11.8 Å². The van der Waals surface area contributed by atoms with Crippen molar-refractivity contribution in [3.8, 4) is 0 Å². The molecule has 0 bridgehead atoms. The molecule has 98 valence electrons. The zero-order valence-corrected chi connectivity index (χ0v) is 11.4. The first-order chi connectivity index (χ1) is 8.22. The Labute approximate surface area is 106 Å². The molecule has 0 unspecified atom stereocenters. The molecule has 2 nitrogen and oxygen atoms in total. The van der Waals surface area contributed by atoms with Crippen LogP contribution in [-0.2, 0) is 4.74 Å². The van der Waals surface area contributed by atoms with Crippen molar-refractivity contribution in [3.63, 3.8) is 0 Å². The minimum atomic E-state index is 0.574. The van der Waals surface area contributed by atoms with E-state index in [0.29, 0.717) is 12.2 Å². The average Bonchev–Trinajstić information content (AvgIpc) is 3.07. The van der Waals surface area contributed by atoms with E-state index in [1.807, 2.05) is 0 Å².